The van der Waals surface area contributed by atoms with Crippen LogP contribution in [0.4, 0.5) is 0 Å². The van der Waals surface area contributed by atoms with E-state index in [2.05, 4.69) is 101 Å². The molecule has 1 aliphatic heterocycles. The van der Waals surface area contributed by atoms with Gasteiger partial charge in [-0.05, 0) is 84.7 Å². The van der Waals surface area contributed by atoms with E-state index in [1.807, 2.05) is 10.4 Å². The van der Waals surface area contributed by atoms with E-state index in [1.54, 1.807) is 25.1 Å². The van der Waals surface area contributed by atoms with Crippen LogP contribution in [0.1, 0.15) is 127 Å². The van der Waals surface area contributed by atoms with Crippen LogP contribution in [-0.4, -0.2) is 8.07 Å². The van der Waals surface area contributed by atoms with Gasteiger partial charge in [0, 0.05) is 29.3 Å². The molecule has 0 amide bonds. The number of thiophene rings is 3. The number of hydrogen-bond donors (Lipinski definition) is 0. The highest BCUT2D eigenvalue weighted by Gasteiger charge is 2.49. The minimum absolute atomic E-state index is 0.872. The van der Waals surface area contributed by atoms with Gasteiger partial charge in [0.1, 0.15) is 8.07 Å². The van der Waals surface area contributed by atoms with Gasteiger partial charge in [-0.2, -0.15) is 0 Å². The van der Waals surface area contributed by atoms with E-state index in [4.69, 9.17) is 0 Å². The third kappa shape index (κ3) is 7.09. The second-order valence-electron chi connectivity index (χ2n) is 12.8. The van der Waals surface area contributed by atoms with E-state index in [9.17, 15) is 0 Å². The zero-order valence-corrected chi connectivity index (χ0v) is 30.2. The molecule has 2 atom stereocenters. The molecule has 4 heteroatoms. The largest absolute Gasteiger partial charge is 0.140 e. The number of fused-ring (bicyclic) bond motifs is 3. The van der Waals surface area contributed by atoms with Gasteiger partial charge in [0.25, 0.3) is 0 Å². The Hall–Kier alpha value is -0.683. The lowest BCUT2D eigenvalue weighted by molar-refractivity contribution is 0.469. The highest BCUT2D eigenvalue weighted by atomic mass is 32.1. The van der Waals surface area contributed by atoms with Crippen molar-refractivity contribution < 1.29 is 0 Å². The number of aryl methyl sites for hydroxylation is 3. The van der Waals surface area contributed by atoms with Crippen LogP contribution < -0.4 is 10.4 Å². The Morgan fingerprint density at radius 3 is 1.80 bits per heavy atom. The summed E-state index contributed by atoms with van der Waals surface area (Å²) < 4.78 is 0. The molecule has 0 aliphatic carbocycles. The predicted molar refractivity (Wildman–Crippen MR) is 190 cm³/mol. The third-order valence-corrected chi connectivity index (χ3v) is 19.1. The van der Waals surface area contributed by atoms with E-state index in [0.29, 0.717) is 0 Å². The molecule has 2 unspecified atom stereocenters. The molecular formula is C36H56S3Si. The first-order valence-corrected chi connectivity index (χ1v) is 21.6. The second-order valence-corrected chi connectivity index (χ2v) is 20.4. The summed E-state index contributed by atoms with van der Waals surface area (Å²) in [6.07, 6.45) is 17.6. The van der Waals surface area contributed by atoms with Gasteiger partial charge < -0.3 is 0 Å². The van der Waals surface area contributed by atoms with Crippen LogP contribution in [0.3, 0.4) is 0 Å². The van der Waals surface area contributed by atoms with Crippen molar-refractivity contribution in [2.45, 2.75) is 144 Å². The first-order chi connectivity index (χ1) is 19.4. The van der Waals surface area contributed by atoms with Crippen LogP contribution >= 0.6 is 34.0 Å². The van der Waals surface area contributed by atoms with Crippen LogP contribution in [0, 0.1) is 25.7 Å². The molecule has 0 fully saturated rings. The van der Waals surface area contributed by atoms with Crippen LogP contribution in [0.5, 0.6) is 0 Å². The maximum Gasteiger partial charge on any atom is 0.122 e. The molecule has 0 saturated carbocycles. The Balaban J connectivity index is 1.76. The molecule has 0 aromatic carbocycles. The Labute approximate surface area is 260 Å². The smallest absolute Gasteiger partial charge is 0.122 e. The summed E-state index contributed by atoms with van der Waals surface area (Å²) in [5.41, 5.74) is 1.61. The van der Waals surface area contributed by atoms with E-state index in [-0.39, 0.29) is 0 Å². The highest BCUT2D eigenvalue weighted by molar-refractivity contribution is 7.31. The van der Waals surface area contributed by atoms with Crippen molar-refractivity contribution in [1.29, 1.82) is 0 Å². The molecule has 3 aromatic rings. The second kappa shape index (κ2) is 15.2. The molecule has 40 heavy (non-hydrogen) atoms. The molecule has 0 bridgehead atoms. The summed E-state index contributed by atoms with van der Waals surface area (Å²) in [5, 5.41) is 3.68. The van der Waals surface area contributed by atoms with Gasteiger partial charge in [0.05, 0.1) is 0 Å². The molecule has 1 aliphatic rings. The number of hydrogen-bond acceptors (Lipinski definition) is 3. The summed E-state index contributed by atoms with van der Waals surface area (Å²) in [4.78, 5) is 9.55. The van der Waals surface area contributed by atoms with Crippen molar-refractivity contribution >= 4 is 52.5 Å². The monoisotopic (exact) mass is 612 g/mol. The van der Waals surface area contributed by atoms with Crippen molar-refractivity contribution in [3.05, 3.63) is 33.5 Å². The molecule has 3 aromatic heterocycles. The number of rotatable bonds is 18. The fourth-order valence-electron chi connectivity index (χ4n) is 7.25. The average molecular weight is 613 g/mol. The molecule has 0 saturated heterocycles. The third-order valence-electron chi connectivity index (χ3n) is 9.75. The Bertz CT molecular complexity index is 1180. The highest BCUT2D eigenvalue weighted by Crippen LogP contribution is 2.48. The van der Waals surface area contributed by atoms with Gasteiger partial charge >= 0.3 is 0 Å². The fraction of sp³-hybridized carbons (Fsp3) is 0.667. The quantitative estimate of drug-likeness (QED) is 0.0990. The molecule has 4 heterocycles. The summed E-state index contributed by atoms with van der Waals surface area (Å²) in [6, 6.07) is 10.9. The van der Waals surface area contributed by atoms with Gasteiger partial charge in [-0.1, -0.05) is 105 Å². The first-order valence-electron chi connectivity index (χ1n) is 16.8. The lowest BCUT2D eigenvalue weighted by Gasteiger charge is -2.35. The van der Waals surface area contributed by atoms with E-state index in [0.717, 1.165) is 11.8 Å². The first kappa shape index (κ1) is 32.2. The normalized spacial score (nSPS) is 17.8. The molecule has 4 rings (SSSR count). The standard InChI is InChI=1S/C36H56S3Si/c1-8-13-16-17-20-30-22-31(38-27(30)7)32-23-34-36(39-32)35-33(21-26(6)37-35)40(34,24-28(11-4)18-14-9-2)25-29(12-5)19-15-10-3/h21-23,28-29H,8-20,24-25H2,1-7H3. The van der Waals surface area contributed by atoms with Crippen molar-refractivity contribution in [3.63, 3.8) is 0 Å². The predicted octanol–water partition coefficient (Wildman–Crippen LogP) is 12.3. The Morgan fingerprint density at radius 1 is 0.625 bits per heavy atom. The van der Waals surface area contributed by atoms with E-state index >= 15 is 0 Å². The molecular weight excluding hydrogens is 557 g/mol. The SMILES string of the molecule is CCCCCCc1cc(-c2cc3c(s2)-c2sc(C)cc2[Si]3(CC(CC)CCCC)CC(CC)CCCC)sc1C. The summed E-state index contributed by atoms with van der Waals surface area (Å²) in [7, 11) is -1.84. The van der Waals surface area contributed by atoms with Gasteiger partial charge in [-0.25, -0.2) is 0 Å². The van der Waals surface area contributed by atoms with Crippen LogP contribution in [0.25, 0.3) is 19.5 Å². The Kier molecular flexibility index (Phi) is 12.2. The van der Waals surface area contributed by atoms with E-state index in [1.165, 1.54) is 105 Å². The van der Waals surface area contributed by atoms with Crippen LogP contribution in [-0.2, 0) is 6.42 Å². The molecule has 0 radical (unpaired) electrons. The molecule has 222 valence electrons. The van der Waals surface area contributed by atoms with Crippen LogP contribution in [0.15, 0.2) is 18.2 Å². The van der Waals surface area contributed by atoms with Crippen molar-refractivity contribution in [2.75, 3.05) is 0 Å². The van der Waals surface area contributed by atoms with Gasteiger partial charge in [0.2, 0.25) is 0 Å². The summed E-state index contributed by atoms with van der Waals surface area (Å²) in [5.74, 6) is 1.74. The van der Waals surface area contributed by atoms with Gasteiger partial charge in [-0.3, -0.25) is 0 Å². The van der Waals surface area contributed by atoms with Gasteiger partial charge in [0.15, 0.2) is 0 Å². The molecule has 0 N–H and O–H groups in total. The van der Waals surface area contributed by atoms with Crippen molar-refractivity contribution in [3.8, 4) is 19.5 Å². The summed E-state index contributed by atoms with van der Waals surface area (Å²) in [6.45, 7) is 16.7. The fourth-order valence-corrected chi connectivity index (χ4v) is 18.7. The molecule has 0 spiro atoms. The maximum atomic E-state index is 2.75. The van der Waals surface area contributed by atoms with Crippen molar-refractivity contribution in [2.24, 2.45) is 11.8 Å². The number of unbranched alkanes of at least 4 members (excludes halogenated alkanes) is 5. The Morgan fingerprint density at radius 2 is 1.20 bits per heavy atom. The minimum Gasteiger partial charge on any atom is -0.140 e. The maximum absolute atomic E-state index is 2.75. The van der Waals surface area contributed by atoms with Crippen molar-refractivity contribution in [1.82, 2.24) is 0 Å². The van der Waals surface area contributed by atoms with Crippen LogP contribution in [0.2, 0.25) is 12.1 Å². The minimum atomic E-state index is -1.84. The summed E-state index contributed by atoms with van der Waals surface area (Å²) >= 11 is 6.32. The molecule has 0 nitrogen and oxygen atoms in total. The zero-order chi connectivity index (χ0) is 28.7. The average Bonchev–Trinajstić information content (AvgIpc) is 3.70. The lowest BCUT2D eigenvalue weighted by atomic mass is 10.0. The zero-order valence-electron chi connectivity index (χ0n) is 26.7. The van der Waals surface area contributed by atoms with E-state index < -0.39 is 8.07 Å². The topological polar surface area (TPSA) is 0 Å². The lowest BCUT2D eigenvalue weighted by Crippen LogP contribution is -2.56. The van der Waals surface area contributed by atoms with Gasteiger partial charge in [-0.15, -0.1) is 34.0 Å².